The van der Waals surface area contributed by atoms with E-state index in [-0.39, 0.29) is 0 Å². The van der Waals surface area contributed by atoms with Crippen molar-refractivity contribution in [3.8, 4) is 0 Å². The molecule has 0 N–H and O–H groups in total. The predicted molar refractivity (Wildman–Crippen MR) is 52.1 cm³/mol. The summed E-state index contributed by atoms with van der Waals surface area (Å²) in [5.74, 6) is 5.91. The maximum Gasteiger partial charge on any atom is 0.365 e. The lowest BCUT2D eigenvalue weighted by atomic mass is 9.96. The molecule has 0 amide bonds. The van der Waals surface area contributed by atoms with Crippen LogP contribution in [0.3, 0.4) is 0 Å². The third kappa shape index (κ3) is 2.78. The second-order valence-corrected chi connectivity index (χ2v) is 6.90. The maximum atomic E-state index is 2.73. The van der Waals surface area contributed by atoms with Crippen LogP contribution < -0.4 is 0 Å². The van der Waals surface area contributed by atoms with Gasteiger partial charge in [0.1, 0.15) is 0 Å². The average Bonchev–Trinajstić information content (AvgIpc) is 2.05. The number of rotatable bonds is 2. The first-order chi connectivity index (χ1) is 5.24. The minimum absolute atomic E-state index is 0.457. The highest BCUT2D eigenvalue weighted by Crippen LogP contribution is 2.20. The summed E-state index contributed by atoms with van der Waals surface area (Å²) in [5.41, 5.74) is 0. The van der Waals surface area contributed by atoms with Crippen LogP contribution in [0.4, 0.5) is 0 Å². The lowest BCUT2D eigenvalue weighted by molar-refractivity contribution is 0.269. The van der Waals surface area contributed by atoms with E-state index in [4.69, 9.17) is 0 Å². The molecule has 0 aliphatic carbocycles. The Morgan fingerprint density at radius 1 is 1.27 bits per heavy atom. The van der Waals surface area contributed by atoms with Gasteiger partial charge < -0.3 is 3.88 Å². The summed E-state index contributed by atoms with van der Waals surface area (Å²) in [5, 5.41) is 0. The molecule has 1 aliphatic heterocycles. The van der Waals surface area contributed by atoms with Crippen LogP contribution in [-0.2, 0) is 0 Å². The van der Waals surface area contributed by atoms with Gasteiger partial charge in [0.15, 0.2) is 0 Å². The second-order valence-electron chi connectivity index (χ2n) is 3.98. The summed E-state index contributed by atoms with van der Waals surface area (Å²) in [6.07, 6.45) is 4.32. The highest BCUT2D eigenvalue weighted by atomic mass is 27.2. The van der Waals surface area contributed by atoms with E-state index in [1.165, 1.54) is 32.4 Å². The number of piperidine rings is 1. The van der Waals surface area contributed by atoms with Crippen molar-refractivity contribution >= 4 is 14.4 Å². The lowest BCUT2D eigenvalue weighted by Crippen LogP contribution is -2.40. The molecule has 0 atom stereocenters. The Hall–Kier alpha value is 0.492. The van der Waals surface area contributed by atoms with Gasteiger partial charge in [-0.1, -0.05) is 24.9 Å². The first-order valence-electron chi connectivity index (χ1n) is 4.98. The molecule has 0 aromatic rings. The van der Waals surface area contributed by atoms with Gasteiger partial charge in [0, 0.05) is 0 Å². The molecular formula is C9H20AlN. The summed E-state index contributed by atoms with van der Waals surface area (Å²) in [6.45, 7) is 5.11. The van der Waals surface area contributed by atoms with Crippen LogP contribution >= 0.6 is 0 Å². The van der Waals surface area contributed by atoms with E-state index in [1.807, 2.05) is 0 Å². The standard InChI is InChI=1S/C7H14N.2CH3.Al/c1-2-7-3-5-8-6-4-7;;;/h7H,2-6H2,1H3;2*1H3;/q-1;;;+1. The van der Waals surface area contributed by atoms with Gasteiger partial charge in [-0.25, -0.2) is 0 Å². The normalized spacial score (nSPS) is 22.1. The summed E-state index contributed by atoms with van der Waals surface area (Å²) >= 11 is -0.457. The molecule has 0 unspecified atom stereocenters. The van der Waals surface area contributed by atoms with E-state index in [0.717, 1.165) is 5.92 Å². The zero-order chi connectivity index (χ0) is 8.27. The highest BCUT2D eigenvalue weighted by molar-refractivity contribution is 6.52. The van der Waals surface area contributed by atoms with Crippen molar-refractivity contribution in [3.05, 3.63) is 0 Å². The largest absolute Gasteiger partial charge is 0.385 e. The minimum atomic E-state index is -0.457. The van der Waals surface area contributed by atoms with E-state index in [9.17, 15) is 0 Å². The smallest absolute Gasteiger partial charge is 0.365 e. The molecule has 0 bridgehead atoms. The third-order valence-corrected chi connectivity index (χ3v) is 4.93. The third-order valence-electron chi connectivity index (χ3n) is 2.96. The van der Waals surface area contributed by atoms with Crippen molar-refractivity contribution in [1.29, 1.82) is 0 Å². The second kappa shape index (κ2) is 4.50. The molecule has 1 nitrogen and oxygen atoms in total. The van der Waals surface area contributed by atoms with Gasteiger partial charge >= 0.3 is 14.4 Å². The Balaban J connectivity index is 2.24. The molecule has 1 saturated heterocycles. The molecule has 0 aromatic heterocycles. The van der Waals surface area contributed by atoms with Crippen molar-refractivity contribution in [3.63, 3.8) is 0 Å². The van der Waals surface area contributed by atoms with Gasteiger partial charge in [-0.15, -0.1) is 0 Å². The lowest BCUT2D eigenvalue weighted by Gasteiger charge is -2.33. The summed E-state index contributed by atoms with van der Waals surface area (Å²) in [7, 11) is 0. The first-order valence-corrected chi connectivity index (χ1v) is 7.80. The Labute approximate surface area is 75.4 Å². The van der Waals surface area contributed by atoms with Crippen LogP contribution in [0.2, 0.25) is 11.6 Å². The van der Waals surface area contributed by atoms with Crippen LogP contribution in [-0.4, -0.2) is 31.3 Å². The molecule has 0 radical (unpaired) electrons. The zero-order valence-corrected chi connectivity index (χ0v) is 9.29. The van der Waals surface area contributed by atoms with Gasteiger partial charge in [0.05, 0.1) is 0 Å². The Kier molecular flexibility index (Phi) is 3.92. The molecule has 0 spiro atoms. The quantitative estimate of drug-likeness (QED) is 0.573. The fraction of sp³-hybridized carbons (Fsp3) is 1.00. The van der Waals surface area contributed by atoms with E-state index in [0.29, 0.717) is 0 Å². The van der Waals surface area contributed by atoms with E-state index in [2.05, 4.69) is 22.4 Å². The monoisotopic (exact) mass is 169 g/mol. The fourth-order valence-corrected chi connectivity index (χ4v) is 3.21. The Morgan fingerprint density at radius 2 is 1.82 bits per heavy atom. The van der Waals surface area contributed by atoms with Gasteiger partial charge in [0.2, 0.25) is 0 Å². The molecular weight excluding hydrogens is 149 g/mol. The average molecular weight is 169 g/mol. The van der Waals surface area contributed by atoms with E-state index < -0.39 is 14.4 Å². The maximum absolute atomic E-state index is 2.73. The zero-order valence-electron chi connectivity index (χ0n) is 8.14. The first kappa shape index (κ1) is 9.58. The highest BCUT2D eigenvalue weighted by Gasteiger charge is 2.21. The molecule has 1 fully saturated rings. The van der Waals surface area contributed by atoms with Crippen LogP contribution in [0.15, 0.2) is 0 Å². The topological polar surface area (TPSA) is 3.24 Å². The summed E-state index contributed by atoms with van der Waals surface area (Å²) < 4.78 is 2.73. The molecule has 0 aromatic carbocycles. The summed E-state index contributed by atoms with van der Waals surface area (Å²) in [6, 6.07) is 0. The van der Waals surface area contributed by atoms with Crippen LogP contribution in [0, 0.1) is 5.92 Å². The van der Waals surface area contributed by atoms with Gasteiger partial charge in [-0.2, -0.15) is 0 Å². The number of hydrogen-bond acceptors (Lipinski definition) is 1. The number of nitrogens with zero attached hydrogens (tertiary/aromatic N) is 1. The SMILES string of the molecule is CCC1CC[N]([Al]([CH3])[CH3])CC1. The molecule has 1 rings (SSSR count). The van der Waals surface area contributed by atoms with Crippen molar-refractivity contribution in [2.75, 3.05) is 13.1 Å². The van der Waals surface area contributed by atoms with Crippen molar-refractivity contribution in [1.82, 2.24) is 3.88 Å². The minimum Gasteiger partial charge on any atom is -0.385 e. The molecule has 64 valence electrons. The molecule has 1 aliphatic rings. The Morgan fingerprint density at radius 3 is 2.18 bits per heavy atom. The molecule has 0 saturated carbocycles. The van der Waals surface area contributed by atoms with Crippen LogP contribution in [0.5, 0.6) is 0 Å². The van der Waals surface area contributed by atoms with E-state index in [1.54, 1.807) is 0 Å². The van der Waals surface area contributed by atoms with Gasteiger partial charge in [0.25, 0.3) is 0 Å². The number of hydrogen-bond donors (Lipinski definition) is 0. The van der Waals surface area contributed by atoms with Crippen LogP contribution in [0.1, 0.15) is 26.2 Å². The predicted octanol–water partition coefficient (Wildman–Crippen LogP) is 2.36. The molecule has 2 heteroatoms. The molecule has 11 heavy (non-hydrogen) atoms. The van der Waals surface area contributed by atoms with Crippen molar-refractivity contribution in [2.45, 2.75) is 37.8 Å². The van der Waals surface area contributed by atoms with Gasteiger partial charge in [-0.05, 0) is 31.8 Å². The van der Waals surface area contributed by atoms with Crippen LogP contribution in [0.25, 0.3) is 0 Å². The molecule has 1 heterocycles. The summed E-state index contributed by atoms with van der Waals surface area (Å²) in [4.78, 5) is 0. The van der Waals surface area contributed by atoms with E-state index >= 15 is 0 Å². The Bertz CT molecular complexity index is 106. The van der Waals surface area contributed by atoms with Crippen molar-refractivity contribution < 1.29 is 0 Å². The fourth-order valence-electron chi connectivity index (χ4n) is 1.88. The van der Waals surface area contributed by atoms with Crippen molar-refractivity contribution in [2.24, 2.45) is 5.92 Å². The van der Waals surface area contributed by atoms with Gasteiger partial charge in [-0.3, -0.25) is 0 Å².